The highest BCUT2D eigenvalue weighted by Gasteiger charge is 2.26. The molecule has 25 heavy (non-hydrogen) atoms. The van der Waals surface area contributed by atoms with Crippen LogP contribution >= 0.6 is 39.1 Å². The summed E-state index contributed by atoms with van der Waals surface area (Å²) in [6.45, 7) is 1.95. The van der Waals surface area contributed by atoms with Crippen molar-refractivity contribution in [3.8, 4) is 0 Å². The lowest BCUT2D eigenvalue weighted by molar-refractivity contribution is 0.0535. The number of hydrogen-bond acceptors (Lipinski definition) is 2. The lowest BCUT2D eigenvalue weighted by Crippen LogP contribution is -2.50. The molecular weight excluding hydrogens is 427 g/mol. The standard InChI is InChI=1S/C18H15BrCl2N2O2/c19-14-4-2-1-3-13(14)18(25)23-9-7-22(8-10-23)17(24)12-5-6-15(20)16(21)11-12/h1-6,11H,7-10H2. The van der Waals surface area contributed by atoms with Crippen LogP contribution in [-0.4, -0.2) is 47.8 Å². The molecule has 0 spiro atoms. The van der Waals surface area contributed by atoms with Gasteiger partial charge in [-0.15, -0.1) is 0 Å². The second-order valence-electron chi connectivity index (χ2n) is 5.69. The maximum Gasteiger partial charge on any atom is 0.255 e. The third-order valence-corrected chi connectivity index (χ3v) is 5.56. The molecule has 2 aromatic rings. The Kier molecular flexibility index (Phi) is 5.67. The van der Waals surface area contributed by atoms with Gasteiger partial charge >= 0.3 is 0 Å². The van der Waals surface area contributed by atoms with E-state index < -0.39 is 0 Å². The average molecular weight is 442 g/mol. The van der Waals surface area contributed by atoms with Crippen LogP contribution in [0.25, 0.3) is 0 Å². The smallest absolute Gasteiger partial charge is 0.255 e. The summed E-state index contributed by atoms with van der Waals surface area (Å²) in [5, 5.41) is 0.775. The summed E-state index contributed by atoms with van der Waals surface area (Å²) < 4.78 is 0.773. The first-order valence-corrected chi connectivity index (χ1v) is 9.30. The van der Waals surface area contributed by atoms with E-state index in [-0.39, 0.29) is 11.8 Å². The summed E-state index contributed by atoms with van der Waals surface area (Å²) in [6.07, 6.45) is 0. The zero-order chi connectivity index (χ0) is 18.0. The number of piperazine rings is 1. The Balaban J connectivity index is 1.65. The monoisotopic (exact) mass is 440 g/mol. The molecule has 0 saturated carbocycles. The number of nitrogens with zero attached hydrogens (tertiary/aromatic N) is 2. The quantitative estimate of drug-likeness (QED) is 0.694. The van der Waals surface area contributed by atoms with Gasteiger partial charge in [0.2, 0.25) is 0 Å². The molecule has 3 rings (SSSR count). The van der Waals surface area contributed by atoms with Crippen molar-refractivity contribution >= 4 is 50.9 Å². The van der Waals surface area contributed by atoms with Crippen molar-refractivity contribution < 1.29 is 9.59 Å². The first kappa shape index (κ1) is 18.2. The van der Waals surface area contributed by atoms with Crippen LogP contribution in [-0.2, 0) is 0 Å². The van der Waals surface area contributed by atoms with E-state index in [1.807, 2.05) is 18.2 Å². The second-order valence-corrected chi connectivity index (χ2v) is 7.36. The molecule has 1 heterocycles. The van der Waals surface area contributed by atoms with E-state index in [0.717, 1.165) is 4.47 Å². The van der Waals surface area contributed by atoms with E-state index in [9.17, 15) is 9.59 Å². The number of carbonyl (C=O) groups excluding carboxylic acids is 2. The third-order valence-electron chi connectivity index (χ3n) is 4.12. The van der Waals surface area contributed by atoms with Gasteiger partial charge in [-0.25, -0.2) is 0 Å². The van der Waals surface area contributed by atoms with Crippen LogP contribution < -0.4 is 0 Å². The third kappa shape index (κ3) is 4.00. The van der Waals surface area contributed by atoms with Crippen LogP contribution in [0.5, 0.6) is 0 Å². The molecule has 1 saturated heterocycles. The molecule has 0 unspecified atom stereocenters. The molecule has 0 bridgehead atoms. The fraction of sp³-hybridized carbons (Fsp3) is 0.222. The van der Waals surface area contributed by atoms with E-state index >= 15 is 0 Å². The Labute approximate surface area is 164 Å². The lowest BCUT2D eigenvalue weighted by Gasteiger charge is -2.35. The van der Waals surface area contributed by atoms with E-state index in [2.05, 4.69) is 15.9 Å². The van der Waals surface area contributed by atoms with Crippen molar-refractivity contribution in [1.82, 2.24) is 9.80 Å². The first-order valence-electron chi connectivity index (χ1n) is 7.75. The van der Waals surface area contributed by atoms with Crippen LogP contribution in [0.1, 0.15) is 20.7 Å². The van der Waals surface area contributed by atoms with Crippen LogP contribution in [0.2, 0.25) is 10.0 Å². The van der Waals surface area contributed by atoms with Crippen molar-refractivity contribution in [3.63, 3.8) is 0 Å². The maximum atomic E-state index is 12.6. The van der Waals surface area contributed by atoms with Crippen molar-refractivity contribution in [1.29, 1.82) is 0 Å². The molecule has 0 aromatic heterocycles. The average Bonchev–Trinajstić information content (AvgIpc) is 2.63. The zero-order valence-electron chi connectivity index (χ0n) is 13.2. The van der Waals surface area contributed by atoms with Gasteiger partial charge in [0.05, 0.1) is 15.6 Å². The summed E-state index contributed by atoms with van der Waals surface area (Å²) >= 11 is 15.3. The summed E-state index contributed by atoms with van der Waals surface area (Å²) in [4.78, 5) is 28.7. The molecule has 2 amide bonds. The Morgan fingerprint density at radius 2 is 1.44 bits per heavy atom. The van der Waals surface area contributed by atoms with Gasteiger partial charge in [0.25, 0.3) is 11.8 Å². The minimum Gasteiger partial charge on any atom is -0.335 e. The maximum absolute atomic E-state index is 12.6. The van der Waals surface area contributed by atoms with Crippen LogP contribution in [0, 0.1) is 0 Å². The molecule has 4 nitrogen and oxygen atoms in total. The van der Waals surface area contributed by atoms with Crippen LogP contribution in [0.4, 0.5) is 0 Å². The minimum absolute atomic E-state index is 0.0332. The summed E-state index contributed by atoms with van der Waals surface area (Å²) in [6, 6.07) is 12.2. The van der Waals surface area contributed by atoms with Crippen molar-refractivity contribution in [2.45, 2.75) is 0 Å². The minimum atomic E-state index is -0.105. The Morgan fingerprint density at radius 3 is 2.04 bits per heavy atom. The first-order chi connectivity index (χ1) is 12.0. The Hall–Kier alpha value is -1.56. The van der Waals surface area contributed by atoms with E-state index in [4.69, 9.17) is 23.2 Å². The van der Waals surface area contributed by atoms with Crippen molar-refractivity contribution in [3.05, 3.63) is 68.1 Å². The summed E-state index contributed by atoms with van der Waals surface area (Å²) in [5.74, 6) is -0.138. The SMILES string of the molecule is O=C(c1ccc(Cl)c(Cl)c1)N1CCN(C(=O)c2ccccc2Br)CC1. The zero-order valence-corrected chi connectivity index (χ0v) is 16.3. The van der Waals surface area contributed by atoms with E-state index in [1.165, 1.54) is 0 Å². The van der Waals surface area contributed by atoms with E-state index in [0.29, 0.717) is 47.4 Å². The molecule has 2 aromatic carbocycles. The fourth-order valence-corrected chi connectivity index (χ4v) is 3.48. The lowest BCUT2D eigenvalue weighted by atomic mass is 10.1. The molecule has 0 N–H and O–H groups in total. The van der Waals surface area contributed by atoms with E-state index in [1.54, 1.807) is 34.1 Å². The van der Waals surface area contributed by atoms with Gasteiger partial charge in [-0.2, -0.15) is 0 Å². The molecular formula is C18H15BrCl2N2O2. The summed E-state index contributed by atoms with van der Waals surface area (Å²) in [5.41, 5.74) is 1.13. The molecule has 0 aliphatic carbocycles. The highest BCUT2D eigenvalue weighted by Crippen LogP contribution is 2.24. The molecule has 1 fully saturated rings. The molecule has 1 aliphatic heterocycles. The predicted octanol–water partition coefficient (Wildman–Crippen LogP) is 4.35. The normalized spacial score (nSPS) is 14.5. The largest absolute Gasteiger partial charge is 0.335 e. The molecule has 0 atom stereocenters. The predicted molar refractivity (Wildman–Crippen MR) is 102 cm³/mol. The Bertz CT molecular complexity index is 820. The highest BCUT2D eigenvalue weighted by atomic mass is 79.9. The molecule has 0 radical (unpaired) electrons. The number of halogens is 3. The van der Waals surface area contributed by atoms with Gasteiger partial charge in [0.1, 0.15) is 0 Å². The molecule has 130 valence electrons. The second kappa shape index (κ2) is 7.77. The van der Waals surface area contributed by atoms with Crippen LogP contribution in [0.15, 0.2) is 46.9 Å². The topological polar surface area (TPSA) is 40.6 Å². The summed E-state index contributed by atoms with van der Waals surface area (Å²) in [7, 11) is 0. The number of hydrogen-bond donors (Lipinski definition) is 0. The van der Waals surface area contributed by atoms with Crippen molar-refractivity contribution in [2.24, 2.45) is 0 Å². The fourth-order valence-electron chi connectivity index (χ4n) is 2.73. The van der Waals surface area contributed by atoms with Crippen molar-refractivity contribution in [2.75, 3.05) is 26.2 Å². The number of benzene rings is 2. The van der Waals surface area contributed by atoms with Gasteiger partial charge < -0.3 is 9.80 Å². The number of carbonyl (C=O) groups is 2. The molecule has 7 heteroatoms. The highest BCUT2D eigenvalue weighted by molar-refractivity contribution is 9.10. The van der Waals surface area contributed by atoms with Crippen LogP contribution in [0.3, 0.4) is 0 Å². The number of rotatable bonds is 2. The van der Waals surface area contributed by atoms with Gasteiger partial charge in [0.15, 0.2) is 0 Å². The number of amides is 2. The van der Waals surface area contributed by atoms with Gasteiger partial charge in [-0.1, -0.05) is 35.3 Å². The Morgan fingerprint density at radius 1 is 0.840 bits per heavy atom. The van der Waals surface area contributed by atoms with Gasteiger partial charge in [-0.05, 0) is 46.3 Å². The molecule has 1 aliphatic rings. The van der Waals surface area contributed by atoms with Gasteiger partial charge in [0, 0.05) is 36.2 Å². The van der Waals surface area contributed by atoms with Gasteiger partial charge in [-0.3, -0.25) is 9.59 Å².